The molecule has 0 saturated heterocycles. The molecule has 1 aliphatic rings. The second-order valence-corrected chi connectivity index (χ2v) is 5.77. The summed E-state index contributed by atoms with van der Waals surface area (Å²) in [6, 6.07) is 0.518. The largest absolute Gasteiger partial charge is 0.308 e. The van der Waals surface area contributed by atoms with Crippen LogP contribution in [0.15, 0.2) is 0 Å². The summed E-state index contributed by atoms with van der Waals surface area (Å²) in [4.78, 5) is 0. The average Bonchev–Trinajstić information content (AvgIpc) is 2.56. The molecular weight excluding hydrogens is 206 g/mol. The van der Waals surface area contributed by atoms with Crippen LogP contribution in [0.3, 0.4) is 0 Å². The Labute approximate surface area is 95.3 Å². The molecule has 0 spiro atoms. The molecule has 4 heteroatoms. The first kappa shape index (κ1) is 11.0. The maximum absolute atomic E-state index is 4.24. The van der Waals surface area contributed by atoms with Gasteiger partial charge in [0.2, 0.25) is 0 Å². The minimum absolute atomic E-state index is 0.518. The van der Waals surface area contributed by atoms with Crippen LogP contribution in [0, 0.1) is 5.92 Å². The van der Waals surface area contributed by atoms with Crippen LogP contribution in [0.4, 0.5) is 0 Å². The molecule has 1 fully saturated rings. The minimum atomic E-state index is 0.518. The van der Waals surface area contributed by atoms with Gasteiger partial charge in [0.25, 0.3) is 0 Å². The normalized spacial score (nSPS) is 17.0. The summed E-state index contributed by atoms with van der Waals surface area (Å²) in [5, 5.41) is 14.2. The highest BCUT2D eigenvalue weighted by Crippen LogP contribution is 2.30. The van der Waals surface area contributed by atoms with Crippen LogP contribution in [0.2, 0.25) is 0 Å². The molecule has 84 valence electrons. The molecule has 0 amide bonds. The van der Waals surface area contributed by atoms with Crippen molar-refractivity contribution in [3.63, 3.8) is 0 Å². The monoisotopic (exact) mass is 225 g/mol. The maximum atomic E-state index is 4.24. The number of hydrogen-bond acceptors (Lipinski definition) is 4. The Morgan fingerprint density at radius 3 is 2.67 bits per heavy atom. The number of aromatic nitrogens is 2. The van der Waals surface area contributed by atoms with Crippen molar-refractivity contribution in [3.8, 4) is 0 Å². The summed E-state index contributed by atoms with van der Waals surface area (Å²) in [7, 11) is 0. The molecule has 3 nitrogen and oxygen atoms in total. The highest BCUT2D eigenvalue weighted by Gasteiger charge is 2.19. The van der Waals surface area contributed by atoms with Crippen LogP contribution in [0.25, 0.3) is 0 Å². The van der Waals surface area contributed by atoms with Crippen molar-refractivity contribution in [2.24, 2.45) is 5.92 Å². The van der Waals surface area contributed by atoms with Crippen molar-refractivity contribution in [1.29, 1.82) is 0 Å². The lowest BCUT2D eigenvalue weighted by Gasteiger charge is -2.23. The molecular formula is C11H19N3S. The quantitative estimate of drug-likeness (QED) is 0.836. The lowest BCUT2D eigenvalue weighted by atomic mass is 9.83. The third-order valence-electron chi connectivity index (χ3n) is 2.86. The zero-order valence-electron chi connectivity index (χ0n) is 9.49. The van der Waals surface area contributed by atoms with Crippen molar-refractivity contribution >= 4 is 11.3 Å². The predicted octanol–water partition coefficient (Wildman–Crippen LogP) is 2.38. The van der Waals surface area contributed by atoms with Gasteiger partial charge in [0.1, 0.15) is 10.0 Å². The molecule has 0 bridgehead atoms. The summed E-state index contributed by atoms with van der Waals surface area (Å²) in [6.07, 6.45) is 5.34. The third kappa shape index (κ3) is 3.24. The maximum Gasteiger partial charge on any atom is 0.131 e. The second kappa shape index (κ2) is 5.03. The van der Waals surface area contributed by atoms with Crippen LogP contribution >= 0.6 is 11.3 Å². The van der Waals surface area contributed by atoms with Crippen molar-refractivity contribution < 1.29 is 0 Å². The zero-order chi connectivity index (χ0) is 10.7. The summed E-state index contributed by atoms with van der Waals surface area (Å²) in [6.45, 7) is 5.16. The van der Waals surface area contributed by atoms with E-state index in [2.05, 4.69) is 29.4 Å². The number of rotatable bonds is 5. The van der Waals surface area contributed by atoms with Crippen molar-refractivity contribution in [1.82, 2.24) is 15.5 Å². The molecule has 1 aromatic rings. The first-order chi connectivity index (χ1) is 7.24. The van der Waals surface area contributed by atoms with Crippen molar-refractivity contribution in [2.75, 3.05) is 0 Å². The topological polar surface area (TPSA) is 37.8 Å². The highest BCUT2D eigenvalue weighted by atomic mass is 32.1. The van der Waals surface area contributed by atoms with Crippen LogP contribution in [-0.4, -0.2) is 16.2 Å². The van der Waals surface area contributed by atoms with Crippen molar-refractivity contribution in [2.45, 2.75) is 52.1 Å². The van der Waals surface area contributed by atoms with E-state index in [9.17, 15) is 0 Å². The van der Waals surface area contributed by atoms with E-state index in [-0.39, 0.29) is 0 Å². The van der Waals surface area contributed by atoms with Gasteiger partial charge < -0.3 is 5.32 Å². The molecule has 1 aromatic heterocycles. The molecule has 1 saturated carbocycles. The summed E-state index contributed by atoms with van der Waals surface area (Å²) in [5.74, 6) is 0.892. The first-order valence-corrected chi connectivity index (χ1v) is 6.60. The van der Waals surface area contributed by atoms with E-state index in [4.69, 9.17) is 0 Å². The lowest BCUT2D eigenvalue weighted by molar-refractivity contribution is 0.313. The second-order valence-electron chi connectivity index (χ2n) is 4.63. The lowest BCUT2D eigenvalue weighted by Crippen LogP contribution is -2.21. The number of hydrogen-bond donors (Lipinski definition) is 1. The summed E-state index contributed by atoms with van der Waals surface area (Å²) < 4.78 is 0. The number of nitrogens with one attached hydrogen (secondary N) is 1. The van der Waals surface area contributed by atoms with E-state index in [1.807, 2.05) is 0 Å². The average molecular weight is 225 g/mol. The Hall–Kier alpha value is -0.480. The van der Waals surface area contributed by atoms with Crippen LogP contribution in [0.1, 0.15) is 43.1 Å². The van der Waals surface area contributed by atoms with Gasteiger partial charge in [-0.05, 0) is 5.92 Å². The van der Waals surface area contributed by atoms with Gasteiger partial charge in [-0.2, -0.15) is 0 Å². The van der Waals surface area contributed by atoms with Gasteiger partial charge in [0.15, 0.2) is 0 Å². The van der Waals surface area contributed by atoms with E-state index in [0.717, 1.165) is 23.9 Å². The van der Waals surface area contributed by atoms with Gasteiger partial charge >= 0.3 is 0 Å². The fraction of sp³-hybridized carbons (Fsp3) is 0.818. The molecule has 0 aliphatic heterocycles. The van der Waals surface area contributed by atoms with E-state index >= 15 is 0 Å². The molecule has 15 heavy (non-hydrogen) atoms. The molecule has 0 radical (unpaired) electrons. The fourth-order valence-electron chi connectivity index (χ4n) is 1.68. The Bertz CT molecular complexity index is 305. The van der Waals surface area contributed by atoms with E-state index < -0.39 is 0 Å². The Morgan fingerprint density at radius 1 is 1.33 bits per heavy atom. The van der Waals surface area contributed by atoms with Crippen molar-refractivity contribution in [3.05, 3.63) is 10.0 Å². The van der Waals surface area contributed by atoms with Gasteiger partial charge in [-0.25, -0.2) is 0 Å². The molecule has 0 aromatic carbocycles. The minimum Gasteiger partial charge on any atom is -0.308 e. The smallest absolute Gasteiger partial charge is 0.131 e. The summed E-state index contributed by atoms with van der Waals surface area (Å²) >= 11 is 1.77. The molecule has 1 heterocycles. The molecule has 1 N–H and O–H groups in total. The summed E-state index contributed by atoms with van der Waals surface area (Å²) in [5.41, 5.74) is 0. The Kier molecular flexibility index (Phi) is 3.70. The molecule has 1 aliphatic carbocycles. The zero-order valence-corrected chi connectivity index (χ0v) is 10.3. The fourth-order valence-corrected chi connectivity index (χ4v) is 2.59. The van der Waals surface area contributed by atoms with E-state index in [1.54, 1.807) is 11.3 Å². The van der Waals surface area contributed by atoms with Crippen LogP contribution in [0.5, 0.6) is 0 Å². The highest BCUT2D eigenvalue weighted by molar-refractivity contribution is 7.11. The number of nitrogens with zero attached hydrogens (tertiary/aromatic N) is 2. The third-order valence-corrected chi connectivity index (χ3v) is 3.80. The van der Waals surface area contributed by atoms with Gasteiger partial charge in [0, 0.05) is 19.0 Å². The SMILES string of the molecule is CC(C)NCc1nnc(CC2CCC2)s1. The van der Waals surface area contributed by atoms with Gasteiger partial charge in [-0.3, -0.25) is 0 Å². The Balaban J connectivity index is 1.80. The van der Waals surface area contributed by atoms with E-state index in [0.29, 0.717) is 6.04 Å². The van der Waals surface area contributed by atoms with Gasteiger partial charge in [-0.1, -0.05) is 33.1 Å². The predicted molar refractivity (Wildman–Crippen MR) is 62.9 cm³/mol. The molecule has 0 atom stereocenters. The molecule has 2 rings (SSSR count). The standard InChI is InChI=1S/C11H19N3S/c1-8(2)12-7-11-14-13-10(15-11)6-9-4-3-5-9/h8-9,12H,3-7H2,1-2H3. The Morgan fingerprint density at radius 2 is 2.07 bits per heavy atom. The molecule has 0 unspecified atom stereocenters. The van der Waals surface area contributed by atoms with Crippen LogP contribution < -0.4 is 5.32 Å². The first-order valence-electron chi connectivity index (χ1n) is 5.78. The van der Waals surface area contributed by atoms with Gasteiger partial charge in [-0.15, -0.1) is 21.5 Å². The van der Waals surface area contributed by atoms with Gasteiger partial charge in [0.05, 0.1) is 0 Å². The van der Waals surface area contributed by atoms with Crippen LogP contribution in [-0.2, 0) is 13.0 Å². The van der Waals surface area contributed by atoms with E-state index in [1.165, 1.54) is 24.3 Å².